The Kier molecular flexibility index (Phi) is 2.04. The molecule has 0 saturated carbocycles. The van der Waals surface area contributed by atoms with E-state index in [9.17, 15) is 18.8 Å². The minimum atomic E-state index is -1.15. The van der Waals surface area contributed by atoms with Gasteiger partial charge in [-0.2, -0.15) is 4.39 Å². The Morgan fingerprint density at radius 3 is 2.83 bits per heavy atom. The predicted molar refractivity (Wildman–Crippen MR) is 36.7 cm³/mol. The second-order valence-corrected chi connectivity index (χ2v) is 1.85. The summed E-state index contributed by atoms with van der Waals surface area (Å²) in [5, 5.41) is 0. The summed E-state index contributed by atoms with van der Waals surface area (Å²) in [5.41, 5.74) is -0.173. The van der Waals surface area contributed by atoms with Gasteiger partial charge in [0.05, 0.1) is 6.20 Å². The van der Waals surface area contributed by atoms with Crippen molar-refractivity contribution < 1.29 is 9.18 Å². The van der Waals surface area contributed by atoms with Gasteiger partial charge in [-0.05, 0) is 0 Å². The van der Waals surface area contributed by atoms with Crippen LogP contribution in [0, 0.1) is 5.82 Å². The Morgan fingerprint density at radius 1 is 1.58 bits per heavy atom. The Balaban J connectivity index is 3.32. The molecule has 12 heavy (non-hydrogen) atoms. The number of hydrogen-bond acceptors (Lipinski definition) is 3. The highest BCUT2D eigenvalue weighted by Gasteiger charge is 2.01. The summed E-state index contributed by atoms with van der Waals surface area (Å²) >= 11 is 0. The SMILES string of the molecule is O=CNn1cc(F)c(=O)[nH]c1=O. The van der Waals surface area contributed by atoms with Crippen LogP contribution in [0.25, 0.3) is 0 Å². The van der Waals surface area contributed by atoms with Crippen LogP contribution >= 0.6 is 0 Å². The van der Waals surface area contributed by atoms with Crippen LogP contribution in [0.5, 0.6) is 0 Å². The molecule has 1 rings (SSSR count). The summed E-state index contributed by atoms with van der Waals surface area (Å²) in [7, 11) is 0. The smallest absolute Gasteiger partial charge is 0.277 e. The second-order valence-electron chi connectivity index (χ2n) is 1.85. The van der Waals surface area contributed by atoms with Gasteiger partial charge in [0.2, 0.25) is 12.2 Å². The number of nitrogens with zero attached hydrogens (tertiary/aromatic N) is 1. The number of halogens is 1. The molecule has 1 amide bonds. The first kappa shape index (κ1) is 8.18. The molecular weight excluding hydrogens is 169 g/mol. The average Bonchev–Trinajstić information content (AvgIpc) is 2.01. The lowest BCUT2D eigenvalue weighted by Crippen LogP contribution is -2.35. The van der Waals surface area contributed by atoms with Gasteiger partial charge in [0, 0.05) is 0 Å². The van der Waals surface area contributed by atoms with Crippen molar-refractivity contribution in [1.82, 2.24) is 9.66 Å². The minimum Gasteiger partial charge on any atom is -0.277 e. The van der Waals surface area contributed by atoms with Gasteiger partial charge in [-0.25, -0.2) is 9.47 Å². The summed E-state index contributed by atoms with van der Waals surface area (Å²) in [6, 6.07) is 0. The van der Waals surface area contributed by atoms with Crippen LogP contribution in [0.15, 0.2) is 15.8 Å². The van der Waals surface area contributed by atoms with E-state index in [1.165, 1.54) is 0 Å². The molecule has 1 aromatic heterocycles. The van der Waals surface area contributed by atoms with E-state index in [0.29, 0.717) is 10.9 Å². The summed E-state index contributed by atoms with van der Waals surface area (Å²) in [6.45, 7) is 0. The minimum absolute atomic E-state index is 0.180. The molecular formula is C5H4FN3O3. The first-order valence-corrected chi connectivity index (χ1v) is 2.87. The highest BCUT2D eigenvalue weighted by molar-refractivity contribution is 5.56. The molecule has 0 fully saturated rings. The quantitative estimate of drug-likeness (QED) is 0.527. The molecule has 0 unspecified atom stereocenters. The Morgan fingerprint density at radius 2 is 2.25 bits per heavy atom. The number of nitrogens with one attached hydrogen (secondary N) is 2. The fourth-order valence-corrected chi connectivity index (χ4v) is 0.600. The standard InChI is InChI=1S/C5H4FN3O3/c6-3-1-9(7-2-10)5(12)8-4(3)11/h1-2H,(H,7,10)(H,8,11,12). The van der Waals surface area contributed by atoms with Gasteiger partial charge in [-0.15, -0.1) is 0 Å². The molecule has 7 heteroatoms. The summed E-state index contributed by atoms with van der Waals surface area (Å²) in [6.07, 6.45) is 0.759. The fraction of sp³-hybridized carbons (Fsp3) is 0. The number of H-pyrrole nitrogens is 1. The molecule has 0 spiro atoms. The van der Waals surface area contributed by atoms with E-state index >= 15 is 0 Å². The van der Waals surface area contributed by atoms with Crippen molar-refractivity contribution in [3.63, 3.8) is 0 Å². The zero-order chi connectivity index (χ0) is 9.14. The molecule has 1 heterocycles. The summed E-state index contributed by atoms with van der Waals surface area (Å²) < 4.78 is 12.9. The number of carbonyl (C=O) groups excluding carboxylic acids is 1. The van der Waals surface area contributed by atoms with Crippen molar-refractivity contribution in [2.75, 3.05) is 5.43 Å². The third kappa shape index (κ3) is 1.39. The van der Waals surface area contributed by atoms with Crippen molar-refractivity contribution in [1.29, 1.82) is 0 Å². The molecule has 0 saturated heterocycles. The second kappa shape index (κ2) is 2.99. The van der Waals surface area contributed by atoms with E-state index in [1.54, 1.807) is 4.98 Å². The van der Waals surface area contributed by atoms with Gasteiger partial charge in [0.1, 0.15) is 0 Å². The highest BCUT2D eigenvalue weighted by Crippen LogP contribution is 1.78. The third-order valence-corrected chi connectivity index (χ3v) is 1.09. The summed E-state index contributed by atoms with van der Waals surface area (Å²) in [4.78, 5) is 32.6. The predicted octanol–water partition coefficient (Wildman–Crippen LogP) is -1.62. The lowest BCUT2D eigenvalue weighted by atomic mass is 10.6. The maximum Gasteiger partial charge on any atom is 0.347 e. The van der Waals surface area contributed by atoms with Crippen LogP contribution in [0.3, 0.4) is 0 Å². The van der Waals surface area contributed by atoms with Gasteiger partial charge in [0.15, 0.2) is 0 Å². The molecule has 64 valence electrons. The lowest BCUT2D eigenvalue weighted by molar-refractivity contribution is -0.106. The van der Waals surface area contributed by atoms with Crippen LogP contribution in [0.2, 0.25) is 0 Å². The molecule has 6 nitrogen and oxygen atoms in total. The van der Waals surface area contributed by atoms with E-state index in [1.807, 2.05) is 5.43 Å². The zero-order valence-electron chi connectivity index (χ0n) is 5.70. The third-order valence-electron chi connectivity index (χ3n) is 1.09. The first-order valence-electron chi connectivity index (χ1n) is 2.87. The van der Waals surface area contributed by atoms with Crippen LogP contribution in [0.1, 0.15) is 0 Å². The first-order chi connectivity index (χ1) is 5.65. The van der Waals surface area contributed by atoms with Crippen LogP contribution < -0.4 is 16.7 Å². The molecule has 0 atom stereocenters. The lowest BCUT2D eigenvalue weighted by Gasteiger charge is -1.99. The van der Waals surface area contributed by atoms with Crippen LogP contribution in [-0.2, 0) is 4.79 Å². The van der Waals surface area contributed by atoms with Crippen molar-refractivity contribution >= 4 is 6.41 Å². The number of aromatic nitrogens is 2. The largest absolute Gasteiger partial charge is 0.347 e. The molecule has 0 aliphatic rings. The van der Waals surface area contributed by atoms with Gasteiger partial charge in [-0.3, -0.25) is 20.0 Å². The number of hydrogen-bond donors (Lipinski definition) is 2. The molecule has 0 aliphatic carbocycles. The number of aromatic amines is 1. The topological polar surface area (TPSA) is 84.0 Å². The van der Waals surface area contributed by atoms with Crippen LogP contribution in [0.4, 0.5) is 4.39 Å². The van der Waals surface area contributed by atoms with Crippen molar-refractivity contribution in [3.05, 3.63) is 32.9 Å². The van der Waals surface area contributed by atoms with E-state index in [4.69, 9.17) is 0 Å². The molecule has 0 aromatic carbocycles. The maximum absolute atomic E-state index is 12.4. The van der Waals surface area contributed by atoms with Crippen molar-refractivity contribution in [3.8, 4) is 0 Å². The molecule has 1 aromatic rings. The molecule has 0 radical (unpaired) electrons. The van der Waals surface area contributed by atoms with Gasteiger partial charge in [-0.1, -0.05) is 0 Å². The molecule has 2 N–H and O–H groups in total. The Bertz CT molecular complexity index is 407. The van der Waals surface area contributed by atoms with Crippen molar-refractivity contribution in [2.24, 2.45) is 0 Å². The van der Waals surface area contributed by atoms with Gasteiger partial charge in [0.25, 0.3) is 5.56 Å². The van der Waals surface area contributed by atoms with E-state index < -0.39 is 17.1 Å². The monoisotopic (exact) mass is 173 g/mol. The Labute approximate surface area is 64.6 Å². The fourth-order valence-electron chi connectivity index (χ4n) is 0.600. The van der Waals surface area contributed by atoms with E-state index in [0.717, 1.165) is 0 Å². The normalized spacial score (nSPS) is 9.42. The number of rotatable bonds is 2. The zero-order valence-corrected chi connectivity index (χ0v) is 5.70. The van der Waals surface area contributed by atoms with Gasteiger partial charge >= 0.3 is 5.69 Å². The van der Waals surface area contributed by atoms with Crippen LogP contribution in [-0.4, -0.2) is 16.1 Å². The van der Waals surface area contributed by atoms with E-state index in [2.05, 4.69) is 0 Å². The van der Waals surface area contributed by atoms with E-state index in [-0.39, 0.29) is 6.41 Å². The highest BCUT2D eigenvalue weighted by atomic mass is 19.1. The van der Waals surface area contributed by atoms with Crippen molar-refractivity contribution in [2.45, 2.75) is 0 Å². The number of carbonyl (C=O) groups is 1. The molecule has 0 aliphatic heterocycles. The molecule has 0 bridgehead atoms. The summed E-state index contributed by atoms with van der Waals surface area (Å²) in [5.74, 6) is -1.15. The average molecular weight is 173 g/mol. The maximum atomic E-state index is 12.4. The number of amides is 1. The van der Waals surface area contributed by atoms with Gasteiger partial charge < -0.3 is 0 Å². The Hall–Kier alpha value is -1.92.